The SMILES string of the molecule is C/C=C1/CCCO/C1=N/CC. The number of nitrogens with zero attached hydrogens (tertiary/aromatic N) is 1. The van der Waals surface area contributed by atoms with Gasteiger partial charge in [-0.2, -0.15) is 0 Å². The fourth-order valence-corrected chi connectivity index (χ4v) is 1.19. The van der Waals surface area contributed by atoms with E-state index in [1.54, 1.807) is 0 Å². The lowest BCUT2D eigenvalue weighted by molar-refractivity contribution is 0.279. The van der Waals surface area contributed by atoms with E-state index in [1.165, 1.54) is 5.57 Å². The van der Waals surface area contributed by atoms with Crippen molar-refractivity contribution in [1.82, 2.24) is 0 Å². The molecule has 1 rings (SSSR count). The summed E-state index contributed by atoms with van der Waals surface area (Å²) >= 11 is 0. The predicted molar refractivity (Wildman–Crippen MR) is 46.9 cm³/mol. The number of ether oxygens (including phenoxy) is 1. The maximum atomic E-state index is 5.40. The zero-order valence-corrected chi connectivity index (χ0v) is 7.26. The number of aliphatic imine (C=N–C) groups is 1. The molecule has 1 aliphatic rings. The van der Waals surface area contributed by atoms with Crippen molar-refractivity contribution in [2.45, 2.75) is 26.7 Å². The molecule has 0 atom stereocenters. The van der Waals surface area contributed by atoms with Crippen molar-refractivity contribution in [3.8, 4) is 0 Å². The highest BCUT2D eigenvalue weighted by Gasteiger charge is 2.12. The molecule has 0 N–H and O–H groups in total. The summed E-state index contributed by atoms with van der Waals surface area (Å²) in [6.07, 6.45) is 4.34. The number of hydrogen-bond acceptors (Lipinski definition) is 2. The van der Waals surface area contributed by atoms with Gasteiger partial charge < -0.3 is 4.74 Å². The molecule has 1 fully saturated rings. The zero-order valence-electron chi connectivity index (χ0n) is 7.26. The second-order valence-electron chi connectivity index (χ2n) is 2.55. The van der Waals surface area contributed by atoms with E-state index in [4.69, 9.17) is 4.74 Å². The van der Waals surface area contributed by atoms with Gasteiger partial charge in [-0.25, -0.2) is 0 Å². The van der Waals surface area contributed by atoms with Crippen LogP contribution < -0.4 is 0 Å². The van der Waals surface area contributed by atoms with Gasteiger partial charge in [0.15, 0.2) is 0 Å². The molecule has 2 nitrogen and oxygen atoms in total. The van der Waals surface area contributed by atoms with Crippen LogP contribution in [0.15, 0.2) is 16.6 Å². The number of hydrogen-bond donors (Lipinski definition) is 0. The maximum Gasteiger partial charge on any atom is 0.211 e. The van der Waals surface area contributed by atoms with Crippen molar-refractivity contribution < 1.29 is 4.74 Å². The van der Waals surface area contributed by atoms with Gasteiger partial charge in [-0.1, -0.05) is 6.08 Å². The molecule has 0 saturated carbocycles. The van der Waals surface area contributed by atoms with Gasteiger partial charge in [0.1, 0.15) is 0 Å². The fraction of sp³-hybridized carbons (Fsp3) is 0.667. The molecular weight excluding hydrogens is 138 g/mol. The molecule has 0 aromatic rings. The first-order valence-corrected chi connectivity index (χ1v) is 4.21. The van der Waals surface area contributed by atoms with Crippen molar-refractivity contribution in [2.24, 2.45) is 4.99 Å². The van der Waals surface area contributed by atoms with Gasteiger partial charge >= 0.3 is 0 Å². The summed E-state index contributed by atoms with van der Waals surface area (Å²) in [6, 6.07) is 0. The third-order valence-corrected chi connectivity index (χ3v) is 1.75. The Balaban J connectivity index is 2.67. The average molecular weight is 153 g/mol. The predicted octanol–water partition coefficient (Wildman–Crippen LogP) is 2.16. The molecular formula is C9H15NO. The lowest BCUT2D eigenvalue weighted by Gasteiger charge is -2.17. The van der Waals surface area contributed by atoms with E-state index in [2.05, 4.69) is 11.1 Å². The Labute approximate surface area is 68.0 Å². The van der Waals surface area contributed by atoms with Gasteiger partial charge in [0, 0.05) is 12.1 Å². The van der Waals surface area contributed by atoms with Crippen LogP contribution >= 0.6 is 0 Å². The zero-order chi connectivity index (χ0) is 8.10. The summed E-state index contributed by atoms with van der Waals surface area (Å²) in [5, 5.41) is 0. The molecule has 62 valence electrons. The summed E-state index contributed by atoms with van der Waals surface area (Å²) in [5.41, 5.74) is 1.26. The van der Waals surface area contributed by atoms with E-state index in [9.17, 15) is 0 Å². The summed E-state index contributed by atoms with van der Waals surface area (Å²) in [6.45, 7) is 5.70. The normalized spacial score (nSPS) is 25.6. The van der Waals surface area contributed by atoms with Crippen molar-refractivity contribution in [1.29, 1.82) is 0 Å². The van der Waals surface area contributed by atoms with Crippen molar-refractivity contribution in [2.75, 3.05) is 13.2 Å². The third kappa shape index (κ3) is 2.07. The fourth-order valence-electron chi connectivity index (χ4n) is 1.19. The molecule has 2 heteroatoms. The van der Waals surface area contributed by atoms with E-state index in [0.29, 0.717) is 0 Å². The Kier molecular flexibility index (Phi) is 3.14. The smallest absolute Gasteiger partial charge is 0.211 e. The highest BCUT2D eigenvalue weighted by molar-refractivity contribution is 5.93. The van der Waals surface area contributed by atoms with Gasteiger partial charge in [-0.3, -0.25) is 4.99 Å². The molecule has 1 saturated heterocycles. The number of allylic oxidation sites excluding steroid dienone is 1. The maximum absolute atomic E-state index is 5.40. The molecule has 0 radical (unpaired) electrons. The minimum atomic E-state index is 0.812. The van der Waals surface area contributed by atoms with Crippen LogP contribution in [-0.4, -0.2) is 19.0 Å². The average Bonchev–Trinajstić information content (AvgIpc) is 2.06. The molecule has 0 aliphatic carbocycles. The van der Waals surface area contributed by atoms with Crippen molar-refractivity contribution in [3.63, 3.8) is 0 Å². The Bertz CT molecular complexity index is 182. The first-order valence-electron chi connectivity index (χ1n) is 4.21. The van der Waals surface area contributed by atoms with E-state index < -0.39 is 0 Å². The molecule has 0 aromatic carbocycles. The summed E-state index contributed by atoms with van der Waals surface area (Å²) in [4.78, 5) is 4.26. The van der Waals surface area contributed by atoms with Crippen LogP contribution in [0.4, 0.5) is 0 Å². The number of rotatable bonds is 1. The lowest BCUT2D eigenvalue weighted by atomic mass is 10.1. The minimum absolute atomic E-state index is 0.812. The van der Waals surface area contributed by atoms with E-state index >= 15 is 0 Å². The molecule has 0 aromatic heterocycles. The van der Waals surface area contributed by atoms with Crippen LogP contribution in [0.2, 0.25) is 0 Å². The Morgan fingerprint density at radius 1 is 1.64 bits per heavy atom. The topological polar surface area (TPSA) is 21.6 Å². The first-order chi connectivity index (χ1) is 5.38. The van der Waals surface area contributed by atoms with Crippen LogP contribution in [0.3, 0.4) is 0 Å². The second kappa shape index (κ2) is 4.16. The van der Waals surface area contributed by atoms with Crippen LogP contribution in [0, 0.1) is 0 Å². The van der Waals surface area contributed by atoms with Crippen LogP contribution in [-0.2, 0) is 4.74 Å². The molecule has 0 amide bonds. The standard InChI is InChI=1S/C9H15NO/c1-3-8-6-5-7-11-9(8)10-4-2/h3H,4-7H2,1-2H3/b8-3-,10-9+. The Morgan fingerprint density at radius 3 is 3.09 bits per heavy atom. The van der Waals surface area contributed by atoms with E-state index in [1.807, 2.05) is 13.8 Å². The summed E-state index contributed by atoms with van der Waals surface area (Å²) in [5.74, 6) is 0.862. The molecule has 0 bridgehead atoms. The van der Waals surface area contributed by atoms with Crippen LogP contribution in [0.1, 0.15) is 26.7 Å². The second-order valence-corrected chi connectivity index (χ2v) is 2.55. The highest BCUT2D eigenvalue weighted by atomic mass is 16.5. The Morgan fingerprint density at radius 2 is 2.45 bits per heavy atom. The van der Waals surface area contributed by atoms with E-state index in [0.717, 1.165) is 31.9 Å². The van der Waals surface area contributed by atoms with Crippen molar-refractivity contribution >= 4 is 5.90 Å². The van der Waals surface area contributed by atoms with Gasteiger partial charge in [-0.05, 0) is 26.7 Å². The van der Waals surface area contributed by atoms with Crippen LogP contribution in [0.25, 0.3) is 0 Å². The molecule has 1 heterocycles. The Hall–Kier alpha value is -0.790. The lowest BCUT2D eigenvalue weighted by Crippen LogP contribution is -2.16. The summed E-state index contributed by atoms with van der Waals surface area (Å²) in [7, 11) is 0. The molecule has 0 spiro atoms. The van der Waals surface area contributed by atoms with E-state index in [-0.39, 0.29) is 0 Å². The molecule has 11 heavy (non-hydrogen) atoms. The van der Waals surface area contributed by atoms with Crippen LogP contribution in [0.5, 0.6) is 0 Å². The third-order valence-electron chi connectivity index (χ3n) is 1.75. The first kappa shape index (κ1) is 8.31. The van der Waals surface area contributed by atoms with Gasteiger partial charge in [0.2, 0.25) is 5.90 Å². The minimum Gasteiger partial charge on any atom is -0.478 e. The van der Waals surface area contributed by atoms with Crippen molar-refractivity contribution in [3.05, 3.63) is 11.6 Å². The van der Waals surface area contributed by atoms with Gasteiger partial charge in [-0.15, -0.1) is 0 Å². The quantitative estimate of drug-likeness (QED) is 0.565. The van der Waals surface area contributed by atoms with Gasteiger partial charge in [0.05, 0.1) is 6.61 Å². The molecule has 1 aliphatic heterocycles. The monoisotopic (exact) mass is 153 g/mol. The largest absolute Gasteiger partial charge is 0.478 e. The van der Waals surface area contributed by atoms with Gasteiger partial charge in [0.25, 0.3) is 0 Å². The summed E-state index contributed by atoms with van der Waals surface area (Å²) < 4.78 is 5.40. The molecule has 0 unspecified atom stereocenters. The highest BCUT2D eigenvalue weighted by Crippen LogP contribution is 2.14.